The van der Waals surface area contributed by atoms with Crippen molar-refractivity contribution in [3.63, 3.8) is 0 Å². The van der Waals surface area contributed by atoms with Crippen molar-refractivity contribution >= 4 is 17.6 Å². The fourth-order valence-corrected chi connectivity index (χ4v) is 3.34. The number of carbonyl (C=O) groups excluding carboxylic acids is 1. The maximum Gasteiger partial charge on any atom is 0.573 e. The predicted molar refractivity (Wildman–Crippen MR) is 84.0 cm³/mol. The molecule has 1 saturated carbocycles. The summed E-state index contributed by atoms with van der Waals surface area (Å²) in [5, 5.41) is 12.1. The van der Waals surface area contributed by atoms with Gasteiger partial charge in [0.15, 0.2) is 0 Å². The van der Waals surface area contributed by atoms with Gasteiger partial charge in [-0.15, -0.1) is 13.2 Å². The van der Waals surface area contributed by atoms with E-state index in [1.54, 1.807) is 20.8 Å². The first-order valence-corrected chi connectivity index (χ1v) is 7.77. The van der Waals surface area contributed by atoms with E-state index in [4.69, 9.17) is 0 Å². The number of carboxylic acids is 1. The Hall–Kier alpha value is -2.25. The molecule has 0 bridgehead atoms. The summed E-state index contributed by atoms with van der Waals surface area (Å²) in [4.78, 5) is 24.2. The molecule has 0 saturated heterocycles. The van der Waals surface area contributed by atoms with Crippen LogP contribution in [-0.4, -0.2) is 23.3 Å². The molecule has 1 aromatic carbocycles. The van der Waals surface area contributed by atoms with E-state index in [9.17, 15) is 27.9 Å². The van der Waals surface area contributed by atoms with E-state index in [2.05, 4.69) is 10.1 Å². The lowest BCUT2D eigenvalue weighted by molar-refractivity contribution is -0.274. The quantitative estimate of drug-likeness (QED) is 0.850. The Morgan fingerprint density at radius 2 is 1.92 bits per heavy atom. The first-order valence-electron chi connectivity index (χ1n) is 7.77. The van der Waals surface area contributed by atoms with Crippen LogP contribution in [0.2, 0.25) is 0 Å². The van der Waals surface area contributed by atoms with Crippen molar-refractivity contribution in [2.24, 2.45) is 16.7 Å². The second-order valence-corrected chi connectivity index (χ2v) is 7.02. The minimum absolute atomic E-state index is 0.159. The normalized spacial score (nSPS) is 25.4. The van der Waals surface area contributed by atoms with E-state index in [1.807, 2.05) is 0 Å². The summed E-state index contributed by atoms with van der Waals surface area (Å²) in [6.07, 6.45) is -4.08. The molecule has 0 heterocycles. The van der Waals surface area contributed by atoms with Gasteiger partial charge in [-0.3, -0.25) is 9.59 Å². The highest BCUT2D eigenvalue weighted by Gasteiger charge is 2.58. The highest BCUT2D eigenvalue weighted by molar-refractivity contribution is 5.94. The smallest absolute Gasteiger partial charge is 0.481 e. The lowest BCUT2D eigenvalue weighted by Gasteiger charge is -2.37. The average molecular weight is 359 g/mol. The van der Waals surface area contributed by atoms with Gasteiger partial charge >= 0.3 is 12.3 Å². The standard InChI is InChI=1S/C17H20F3NO4/c1-15(2)12(7-8-16(15,3)14(23)24)13(22)21-10-5-4-6-11(9-10)25-17(18,19)20/h4-6,9,12H,7-8H2,1-3H3,(H,21,22)(H,23,24). The molecule has 1 aromatic rings. The van der Waals surface area contributed by atoms with Crippen LogP contribution in [0.4, 0.5) is 18.9 Å². The van der Waals surface area contributed by atoms with E-state index < -0.39 is 40.7 Å². The first kappa shape index (κ1) is 19.1. The van der Waals surface area contributed by atoms with Crippen LogP contribution in [0, 0.1) is 16.7 Å². The number of alkyl halides is 3. The number of halogens is 3. The summed E-state index contributed by atoms with van der Waals surface area (Å²) in [6, 6.07) is 4.98. The lowest BCUT2D eigenvalue weighted by Crippen LogP contribution is -2.43. The van der Waals surface area contributed by atoms with Gasteiger partial charge in [0.05, 0.1) is 5.41 Å². The van der Waals surface area contributed by atoms with Gasteiger partial charge in [0.2, 0.25) is 5.91 Å². The number of hydrogen-bond donors (Lipinski definition) is 2. The van der Waals surface area contributed by atoms with Crippen LogP contribution in [0.3, 0.4) is 0 Å². The molecule has 2 unspecified atom stereocenters. The molecule has 1 aliphatic carbocycles. The zero-order chi connectivity index (χ0) is 19.0. The van der Waals surface area contributed by atoms with Crippen LogP contribution in [0.15, 0.2) is 24.3 Å². The van der Waals surface area contributed by atoms with Crippen molar-refractivity contribution < 1.29 is 32.6 Å². The third-order valence-corrected chi connectivity index (χ3v) is 5.35. The number of carboxylic acid groups (broad SMARTS) is 1. The average Bonchev–Trinajstić information content (AvgIpc) is 2.69. The van der Waals surface area contributed by atoms with Gasteiger partial charge in [-0.1, -0.05) is 19.9 Å². The Morgan fingerprint density at radius 3 is 2.44 bits per heavy atom. The van der Waals surface area contributed by atoms with Crippen LogP contribution >= 0.6 is 0 Å². The molecule has 1 aliphatic rings. The third kappa shape index (κ3) is 3.72. The Bertz CT molecular complexity index is 687. The molecule has 2 rings (SSSR count). The molecule has 0 radical (unpaired) electrons. The lowest BCUT2D eigenvalue weighted by atomic mass is 9.65. The van der Waals surface area contributed by atoms with Gasteiger partial charge in [0, 0.05) is 17.7 Å². The van der Waals surface area contributed by atoms with Crippen LogP contribution < -0.4 is 10.1 Å². The summed E-state index contributed by atoms with van der Waals surface area (Å²) in [5.74, 6) is -2.39. The highest BCUT2D eigenvalue weighted by atomic mass is 19.4. The molecule has 0 aliphatic heterocycles. The highest BCUT2D eigenvalue weighted by Crippen LogP contribution is 2.56. The Kier molecular flexibility index (Phi) is 4.76. The predicted octanol–water partition coefficient (Wildman–Crippen LogP) is 4.05. The number of amides is 1. The van der Waals surface area contributed by atoms with E-state index in [0.29, 0.717) is 12.8 Å². The van der Waals surface area contributed by atoms with Gasteiger partial charge in [-0.2, -0.15) is 0 Å². The SMILES string of the molecule is CC1(C(=O)O)CCC(C(=O)Nc2cccc(OC(F)(F)F)c2)C1(C)C. The van der Waals surface area contributed by atoms with E-state index in [1.165, 1.54) is 12.1 Å². The third-order valence-electron chi connectivity index (χ3n) is 5.35. The van der Waals surface area contributed by atoms with Crippen molar-refractivity contribution in [3.05, 3.63) is 24.3 Å². The van der Waals surface area contributed by atoms with Gasteiger partial charge < -0.3 is 15.2 Å². The van der Waals surface area contributed by atoms with Crippen molar-refractivity contribution in [2.45, 2.75) is 40.0 Å². The molecule has 2 N–H and O–H groups in total. The fraction of sp³-hybridized carbons (Fsp3) is 0.529. The van der Waals surface area contributed by atoms with Gasteiger partial charge in [0.25, 0.3) is 0 Å². The number of carbonyl (C=O) groups is 2. The molecule has 2 atom stereocenters. The number of hydrogen-bond acceptors (Lipinski definition) is 3. The van der Waals surface area contributed by atoms with Crippen molar-refractivity contribution in [2.75, 3.05) is 5.32 Å². The summed E-state index contributed by atoms with van der Waals surface area (Å²) >= 11 is 0. The van der Waals surface area contributed by atoms with E-state index in [0.717, 1.165) is 12.1 Å². The summed E-state index contributed by atoms with van der Waals surface area (Å²) < 4.78 is 40.7. The zero-order valence-electron chi connectivity index (χ0n) is 14.1. The number of benzene rings is 1. The number of rotatable bonds is 4. The molecule has 8 heteroatoms. The van der Waals surface area contributed by atoms with Crippen molar-refractivity contribution in [1.29, 1.82) is 0 Å². The Labute approximate surface area is 143 Å². The fourth-order valence-electron chi connectivity index (χ4n) is 3.34. The van der Waals surface area contributed by atoms with Gasteiger partial charge in [-0.05, 0) is 37.3 Å². The second kappa shape index (κ2) is 6.24. The minimum atomic E-state index is -4.82. The largest absolute Gasteiger partial charge is 0.573 e. The topological polar surface area (TPSA) is 75.6 Å². The summed E-state index contributed by atoms with van der Waals surface area (Å²) in [7, 11) is 0. The van der Waals surface area contributed by atoms with Crippen molar-refractivity contribution in [3.8, 4) is 5.75 Å². The number of nitrogens with one attached hydrogen (secondary N) is 1. The number of anilines is 1. The second-order valence-electron chi connectivity index (χ2n) is 7.02. The van der Waals surface area contributed by atoms with Crippen LogP contribution in [-0.2, 0) is 9.59 Å². The molecule has 25 heavy (non-hydrogen) atoms. The minimum Gasteiger partial charge on any atom is -0.481 e. The number of ether oxygens (including phenoxy) is 1. The van der Waals surface area contributed by atoms with Gasteiger partial charge in [0.1, 0.15) is 5.75 Å². The molecular formula is C17H20F3NO4. The summed E-state index contributed by atoms with van der Waals surface area (Å²) in [6.45, 7) is 5.06. The maximum absolute atomic E-state index is 12.6. The van der Waals surface area contributed by atoms with Crippen LogP contribution in [0.5, 0.6) is 5.75 Å². The van der Waals surface area contributed by atoms with E-state index >= 15 is 0 Å². The van der Waals surface area contributed by atoms with Crippen LogP contribution in [0.1, 0.15) is 33.6 Å². The first-order chi connectivity index (χ1) is 11.4. The Balaban J connectivity index is 2.16. The molecular weight excluding hydrogens is 339 g/mol. The maximum atomic E-state index is 12.6. The van der Waals surface area contributed by atoms with E-state index in [-0.39, 0.29) is 5.69 Å². The molecule has 0 spiro atoms. The number of aliphatic carboxylic acids is 1. The monoisotopic (exact) mass is 359 g/mol. The van der Waals surface area contributed by atoms with Crippen LogP contribution in [0.25, 0.3) is 0 Å². The molecule has 1 fully saturated rings. The molecule has 0 aromatic heterocycles. The van der Waals surface area contributed by atoms with Gasteiger partial charge in [-0.25, -0.2) is 0 Å². The Morgan fingerprint density at radius 1 is 1.28 bits per heavy atom. The summed E-state index contributed by atoms with van der Waals surface area (Å²) in [5.41, 5.74) is -1.69. The zero-order valence-corrected chi connectivity index (χ0v) is 14.1. The molecule has 138 valence electrons. The molecule has 1 amide bonds. The molecule has 5 nitrogen and oxygen atoms in total. The van der Waals surface area contributed by atoms with Crippen molar-refractivity contribution in [1.82, 2.24) is 0 Å².